The summed E-state index contributed by atoms with van der Waals surface area (Å²) < 4.78 is 0. The Balaban J connectivity index is 1.52. The third-order valence-electron chi connectivity index (χ3n) is 4.68. The number of aromatic nitrogens is 2. The Morgan fingerprint density at radius 1 is 1.20 bits per heavy atom. The van der Waals surface area contributed by atoms with Gasteiger partial charge >= 0.3 is 6.03 Å². The van der Waals surface area contributed by atoms with Crippen molar-refractivity contribution in [3.63, 3.8) is 0 Å². The molecule has 2 aromatic rings. The minimum Gasteiger partial charge on any atom is -0.324 e. The maximum absolute atomic E-state index is 12.5. The number of hydrogen-bond donors (Lipinski definition) is 1. The smallest absolute Gasteiger partial charge is 0.321 e. The van der Waals surface area contributed by atoms with Gasteiger partial charge in [0.25, 0.3) is 0 Å². The Labute approximate surface area is 148 Å². The summed E-state index contributed by atoms with van der Waals surface area (Å²) in [7, 11) is 2.14. The molecule has 0 bridgehead atoms. The highest BCUT2D eigenvalue weighted by atomic mass is 16.2. The Bertz CT molecular complexity index is 664. The number of amides is 2. The summed E-state index contributed by atoms with van der Waals surface area (Å²) >= 11 is 0. The number of likely N-dealkylation sites (tertiary alicyclic amines) is 1. The molecule has 1 N–H and O–H groups in total. The van der Waals surface area contributed by atoms with Gasteiger partial charge in [0.15, 0.2) is 0 Å². The van der Waals surface area contributed by atoms with E-state index < -0.39 is 0 Å². The summed E-state index contributed by atoms with van der Waals surface area (Å²) in [5.41, 5.74) is 1.87. The van der Waals surface area contributed by atoms with Crippen LogP contribution < -0.4 is 5.32 Å². The lowest BCUT2D eigenvalue weighted by atomic mass is 10.1. The van der Waals surface area contributed by atoms with Gasteiger partial charge in [-0.25, -0.2) is 4.79 Å². The number of nitrogens with zero attached hydrogens (tertiary/aromatic N) is 4. The van der Waals surface area contributed by atoms with Crippen molar-refractivity contribution >= 4 is 11.7 Å². The standard InChI is InChI=1S/C19H25N5O/c1-23(15-17-5-2-3-10-21-17)18-6-4-13-24(14-9-18)19(25)22-16-7-11-20-12-8-16/h2-3,5,7-8,10-12,18H,4,6,9,13-15H2,1H3,(H,20,22,25)/t18-/m1/s1. The first-order valence-corrected chi connectivity index (χ1v) is 8.78. The maximum atomic E-state index is 12.5. The van der Waals surface area contributed by atoms with Gasteiger partial charge in [-0.3, -0.25) is 14.9 Å². The van der Waals surface area contributed by atoms with Crippen molar-refractivity contribution in [2.24, 2.45) is 0 Å². The summed E-state index contributed by atoms with van der Waals surface area (Å²) in [6.45, 7) is 2.41. The summed E-state index contributed by atoms with van der Waals surface area (Å²) in [5, 5.41) is 2.95. The molecule has 0 aliphatic carbocycles. The fourth-order valence-electron chi connectivity index (χ4n) is 3.24. The van der Waals surface area contributed by atoms with Crippen LogP contribution in [0.15, 0.2) is 48.9 Å². The van der Waals surface area contributed by atoms with Gasteiger partial charge in [-0.15, -0.1) is 0 Å². The average Bonchev–Trinajstić information content (AvgIpc) is 2.90. The van der Waals surface area contributed by atoms with Crippen LogP contribution in [0.1, 0.15) is 25.0 Å². The van der Waals surface area contributed by atoms with E-state index in [1.54, 1.807) is 24.5 Å². The molecule has 1 aliphatic rings. The molecular weight excluding hydrogens is 314 g/mol. The molecule has 1 fully saturated rings. The lowest BCUT2D eigenvalue weighted by Gasteiger charge is -2.27. The number of urea groups is 1. The molecule has 1 aliphatic heterocycles. The Morgan fingerprint density at radius 3 is 2.80 bits per heavy atom. The van der Waals surface area contributed by atoms with E-state index in [-0.39, 0.29) is 6.03 Å². The van der Waals surface area contributed by atoms with Gasteiger partial charge in [-0.2, -0.15) is 0 Å². The predicted octanol–water partition coefficient (Wildman–Crippen LogP) is 3.00. The first kappa shape index (κ1) is 17.4. The van der Waals surface area contributed by atoms with Gasteiger partial charge in [0, 0.05) is 50.0 Å². The van der Waals surface area contributed by atoms with E-state index in [1.807, 2.05) is 23.2 Å². The van der Waals surface area contributed by atoms with Crippen LogP contribution in [0.25, 0.3) is 0 Å². The number of hydrogen-bond acceptors (Lipinski definition) is 4. The van der Waals surface area contributed by atoms with E-state index in [2.05, 4.69) is 33.3 Å². The minimum absolute atomic E-state index is 0.0285. The van der Waals surface area contributed by atoms with Crippen LogP contribution in [0.5, 0.6) is 0 Å². The van der Waals surface area contributed by atoms with Gasteiger partial charge in [0.05, 0.1) is 5.69 Å². The average molecular weight is 339 g/mol. The third kappa shape index (κ3) is 5.00. The maximum Gasteiger partial charge on any atom is 0.321 e. The van der Waals surface area contributed by atoms with Gasteiger partial charge < -0.3 is 10.2 Å². The lowest BCUT2D eigenvalue weighted by Crippen LogP contribution is -2.37. The van der Waals surface area contributed by atoms with E-state index in [4.69, 9.17) is 0 Å². The third-order valence-corrected chi connectivity index (χ3v) is 4.68. The number of anilines is 1. The Hall–Kier alpha value is -2.47. The van der Waals surface area contributed by atoms with Crippen LogP contribution in [0, 0.1) is 0 Å². The van der Waals surface area contributed by atoms with Crippen LogP contribution in [0.2, 0.25) is 0 Å². The van der Waals surface area contributed by atoms with Gasteiger partial charge in [0.2, 0.25) is 0 Å². The molecule has 25 heavy (non-hydrogen) atoms. The number of carbonyl (C=O) groups excluding carboxylic acids is 1. The monoisotopic (exact) mass is 339 g/mol. The molecule has 132 valence electrons. The fourth-order valence-corrected chi connectivity index (χ4v) is 3.24. The zero-order chi connectivity index (χ0) is 17.5. The van der Waals surface area contributed by atoms with Crippen LogP contribution in [0.3, 0.4) is 0 Å². The normalized spacial score (nSPS) is 18.0. The summed E-state index contributed by atoms with van der Waals surface area (Å²) in [6.07, 6.45) is 8.29. The molecule has 3 rings (SSSR count). The zero-order valence-electron chi connectivity index (χ0n) is 14.6. The molecule has 6 heteroatoms. The number of pyridine rings is 2. The first-order chi connectivity index (χ1) is 12.2. The summed E-state index contributed by atoms with van der Waals surface area (Å²) in [4.78, 5) is 25.1. The molecule has 0 aromatic carbocycles. The molecule has 2 amide bonds. The second kappa shape index (κ2) is 8.58. The highest BCUT2D eigenvalue weighted by Gasteiger charge is 2.23. The van der Waals surface area contributed by atoms with Crippen LogP contribution in [-0.2, 0) is 6.54 Å². The van der Waals surface area contributed by atoms with Crippen LogP contribution >= 0.6 is 0 Å². The minimum atomic E-state index is -0.0285. The summed E-state index contributed by atoms with van der Waals surface area (Å²) in [6, 6.07) is 10.1. The quantitative estimate of drug-likeness (QED) is 0.930. The van der Waals surface area contributed by atoms with Crippen LogP contribution in [-0.4, -0.2) is 52.0 Å². The molecule has 6 nitrogen and oxygen atoms in total. The second-order valence-electron chi connectivity index (χ2n) is 6.47. The van der Waals surface area contributed by atoms with Crippen molar-refractivity contribution in [2.45, 2.75) is 31.8 Å². The molecule has 0 radical (unpaired) electrons. The van der Waals surface area contributed by atoms with Crippen molar-refractivity contribution < 1.29 is 4.79 Å². The Kier molecular flexibility index (Phi) is 5.95. The first-order valence-electron chi connectivity index (χ1n) is 8.78. The topological polar surface area (TPSA) is 61.4 Å². The van der Waals surface area contributed by atoms with E-state index in [1.165, 1.54) is 0 Å². The molecule has 0 saturated carbocycles. The highest BCUT2D eigenvalue weighted by molar-refractivity contribution is 5.89. The molecule has 1 atom stereocenters. The largest absolute Gasteiger partial charge is 0.324 e. The van der Waals surface area contributed by atoms with Crippen molar-refractivity contribution in [1.82, 2.24) is 19.8 Å². The van der Waals surface area contributed by atoms with Gasteiger partial charge in [-0.05, 0) is 50.6 Å². The second-order valence-corrected chi connectivity index (χ2v) is 6.47. The number of carbonyl (C=O) groups is 1. The van der Waals surface area contributed by atoms with Gasteiger partial charge in [-0.1, -0.05) is 6.07 Å². The zero-order valence-corrected chi connectivity index (χ0v) is 14.6. The lowest BCUT2D eigenvalue weighted by molar-refractivity contribution is 0.200. The summed E-state index contributed by atoms with van der Waals surface area (Å²) in [5.74, 6) is 0. The molecule has 0 unspecified atom stereocenters. The van der Waals surface area contributed by atoms with Crippen molar-refractivity contribution in [1.29, 1.82) is 0 Å². The molecule has 0 spiro atoms. The number of rotatable bonds is 4. The van der Waals surface area contributed by atoms with Crippen LogP contribution in [0.4, 0.5) is 10.5 Å². The molecule has 2 aromatic heterocycles. The molecule has 1 saturated heterocycles. The van der Waals surface area contributed by atoms with E-state index >= 15 is 0 Å². The van der Waals surface area contributed by atoms with E-state index in [0.717, 1.165) is 50.3 Å². The SMILES string of the molecule is CN(Cc1ccccn1)[C@@H]1CCCN(C(=O)Nc2ccncc2)CC1. The highest BCUT2D eigenvalue weighted by Crippen LogP contribution is 2.18. The predicted molar refractivity (Wildman–Crippen MR) is 98.2 cm³/mol. The van der Waals surface area contributed by atoms with Gasteiger partial charge in [0.1, 0.15) is 0 Å². The van der Waals surface area contributed by atoms with E-state index in [0.29, 0.717) is 6.04 Å². The number of nitrogens with one attached hydrogen (secondary N) is 1. The van der Waals surface area contributed by atoms with Crippen molar-refractivity contribution in [2.75, 3.05) is 25.5 Å². The Morgan fingerprint density at radius 2 is 2.04 bits per heavy atom. The van der Waals surface area contributed by atoms with Crippen molar-refractivity contribution in [3.8, 4) is 0 Å². The fraction of sp³-hybridized carbons (Fsp3) is 0.421. The van der Waals surface area contributed by atoms with E-state index in [9.17, 15) is 4.79 Å². The molecular formula is C19H25N5O. The van der Waals surface area contributed by atoms with Crippen molar-refractivity contribution in [3.05, 3.63) is 54.6 Å². The molecule has 3 heterocycles.